The minimum Gasteiger partial charge on any atom is -0.384 e. The largest absolute Gasteiger partial charge is 0.384 e. The topological polar surface area (TPSA) is 32.3 Å². The predicted octanol–water partition coefficient (Wildman–Crippen LogP) is 3.72. The van der Waals surface area contributed by atoms with Gasteiger partial charge in [-0.25, -0.2) is 0 Å². The lowest BCUT2D eigenvalue weighted by atomic mass is 10.1. The number of hydrogen-bond donors (Lipinski definition) is 1. The van der Waals surface area contributed by atoms with Crippen molar-refractivity contribution in [3.63, 3.8) is 0 Å². The number of benzene rings is 1. The Bertz CT molecular complexity index is 423. The van der Waals surface area contributed by atoms with Crippen molar-refractivity contribution < 1.29 is 4.79 Å². The number of carbonyl (C=O) groups is 1. The highest BCUT2D eigenvalue weighted by atomic mass is 32.2. The molecule has 1 amide bonds. The fourth-order valence-electron chi connectivity index (χ4n) is 1.96. The summed E-state index contributed by atoms with van der Waals surface area (Å²) in [6.45, 7) is 5.11. The first-order valence-electron chi connectivity index (χ1n) is 7.20. The van der Waals surface area contributed by atoms with E-state index in [1.54, 1.807) is 0 Å². The summed E-state index contributed by atoms with van der Waals surface area (Å²) >= 11 is 1.82. The molecule has 20 heavy (non-hydrogen) atoms. The van der Waals surface area contributed by atoms with Gasteiger partial charge in [0.05, 0.1) is 5.56 Å². The van der Waals surface area contributed by atoms with Crippen LogP contribution in [0.2, 0.25) is 0 Å². The van der Waals surface area contributed by atoms with Gasteiger partial charge in [-0.3, -0.25) is 4.79 Å². The maximum Gasteiger partial charge on any atom is 0.255 e. The third kappa shape index (κ3) is 4.75. The van der Waals surface area contributed by atoms with Crippen molar-refractivity contribution in [1.82, 2.24) is 4.90 Å². The van der Waals surface area contributed by atoms with Crippen molar-refractivity contribution in [1.29, 1.82) is 0 Å². The second kappa shape index (κ2) is 8.90. The first-order valence-corrected chi connectivity index (χ1v) is 8.60. The monoisotopic (exact) mass is 294 g/mol. The van der Waals surface area contributed by atoms with E-state index >= 15 is 0 Å². The summed E-state index contributed by atoms with van der Waals surface area (Å²) < 4.78 is 0. The van der Waals surface area contributed by atoms with Crippen molar-refractivity contribution in [2.75, 3.05) is 30.9 Å². The van der Waals surface area contributed by atoms with Gasteiger partial charge in [0, 0.05) is 25.3 Å². The quantitative estimate of drug-likeness (QED) is 0.793. The summed E-state index contributed by atoms with van der Waals surface area (Å²) in [5, 5.41) is 3.33. The highest BCUT2D eigenvalue weighted by Gasteiger charge is 2.19. The van der Waals surface area contributed by atoms with Crippen LogP contribution in [0.5, 0.6) is 0 Å². The molecule has 1 atom stereocenters. The van der Waals surface area contributed by atoms with E-state index in [0.29, 0.717) is 0 Å². The third-order valence-electron chi connectivity index (χ3n) is 3.44. The van der Waals surface area contributed by atoms with Crippen molar-refractivity contribution in [3.8, 4) is 0 Å². The molecule has 0 saturated heterocycles. The van der Waals surface area contributed by atoms with Gasteiger partial charge in [0.15, 0.2) is 0 Å². The van der Waals surface area contributed by atoms with Gasteiger partial charge >= 0.3 is 0 Å². The lowest BCUT2D eigenvalue weighted by Gasteiger charge is -2.26. The molecule has 0 saturated carbocycles. The Morgan fingerprint density at radius 2 is 2.10 bits per heavy atom. The highest BCUT2D eigenvalue weighted by Crippen LogP contribution is 2.19. The first-order chi connectivity index (χ1) is 9.61. The lowest BCUT2D eigenvalue weighted by Crippen LogP contribution is -2.35. The number of anilines is 1. The summed E-state index contributed by atoms with van der Waals surface area (Å²) in [5.74, 6) is 1.17. The molecule has 0 aliphatic heterocycles. The summed E-state index contributed by atoms with van der Waals surface area (Å²) in [7, 11) is 1.89. The molecule has 0 aromatic heterocycles. The van der Waals surface area contributed by atoms with Gasteiger partial charge in [-0.1, -0.05) is 19.1 Å². The maximum atomic E-state index is 12.6. The molecule has 0 aliphatic carbocycles. The van der Waals surface area contributed by atoms with Gasteiger partial charge in [0.25, 0.3) is 5.91 Å². The van der Waals surface area contributed by atoms with Crippen LogP contribution in [-0.4, -0.2) is 42.4 Å². The van der Waals surface area contributed by atoms with E-state index in [-0.39, 0.29) is 11.9 Å². The van der Waals surface area contributed by atoms with Crippen LogP contribution in [0.15, 0.2) is 24.3 Å². The zero-order valence-corrected chi connectivity index (χ0v) is 13.8. The second-order valence-corrected chi connectivity index (χ2v) is 6.00. The number of nitrogens with zero attached hydrogens (tertiary/aromatic N) is 1. The van der Waals surface area contributed by atoms with Gasteiger partial charge in [0.1, 0.15) is 0 Å². The van der Waals surface area contributed by atoms with Crippen molar-refractivity contribution in [2.45, 2.75) is 32.7 Å². The molecule has 0 bridgehead atoms. The van der Waals surface area contributed by atoms with Gasteiger partial charge in [0.2, 0.25) is 0 Å². The number of hydrogen-bond acceptors (Lipinski definition) is 3. The number of nitrogens with one attached hydrogen (secondary N) is 1. The first kappa shape index (κ1) is 16.9. The van der Waals surface area contributed by atoms with E-state index in [9.17, 15) is 4.79 Å². The Labute approximate surface area is 127 Å². The summed E-state index contributed by atoms with van der Waals surface area (Å²) in [5.41, 5.74) is 1.70. The number of carbonyl (C=O) groups excluding carboxylic acids is 1. The SMILES string of the molecule is CCCNc1ccccc1C(=O)N(C)C(C)CCSC. The van der Waals surface area contributed by atoms with E-state index in [1.807, 2.05) is 48.0 Å². The highest BCUT2D eigenvalue weighted by molar-refractivity contribution is 7.98. The minimum absolute atomic E-state index is 0.0952. The average Bonchev–Trinajstić information content (AvgIpc) is 2.49. The Morgan fingerprint density at radius 1 is 1.40 bits per heavy atom. The molecule has 0 aliphatic rings. The fraction of sp³-hybridized carbons (Fsp3) is 0.562. The summed E-state index contributed by atoms with van der Waals surface area (Å²) in [6.07, 6.45) is 4.16. The van der Waals surface area contributed by atoms with E-state index in [2.05, 4.69) is 25.4 Å². The van der Waals surface area contributed by atoms with Crippen LogP contribution in [-0.2, 0) is 0 Å². The zero-order valence-electron chi connectivity index (χ0n) is 13.0. The number of thioether (sulfide) groups is 1. The molecule has 0 heterocycles. The van der Waals surface area contributed by atoms with E-state index in [4.69, 9.17) is 0 Å². The minimum atomic E-state index is 0.0952. The molecule has 1 rings (SSSR count). The van der Waals surface area contributed by atoms with Crippen LogP contribution in [0.4, 0.5) is 5.69 Å². The van der Waals surface area contributed by atoms with Gasteiger partial charge in [-0.15, -0.1) is 0 Å². The molecule has 3 nitrogen and oxygen atoms in total. The van der Waals surface area contributed by atoms with E-state index in [1.165, 1.54) is 0 Å². The van der Waals surface area contributed by atoms with Crippen LogP contribution in [0.25, 0.3) is 0 Å². The molecule has 0 radical (unpaired) electrons. The third-order valence-corrected chi connectivity index (χ3v) is 4.09. The van der Waals surface area contributed by atoms with E-state index < -0.39 is 0 Å². The maximum absolute atomic E-state index is 12.6. The number of rotatable bonds is 8. The van der Waals surface area contributed by atoms with Crippen LogP contribution < -0.4 is 5.32 Å². The molecule has 1 aromatic rings. The molecule has 112 valence electrons. The average molecular weight is 294 g/mol. The van der Waals surface area contributed by atoms with Crippen LogP contribution >= 0.6 is 11.8 Å². The number of amides is 1. The van der Waals surface area contributed by atoms with E-state index in [0.717, 1.165) is 36.4 Å². The zero-order chi connectivity index (χ0) is 15.0. The Kier molecular flexibility index (Phi) is 7.52. The lowest BCUT2D eigenvalue weighted by molar-refractivity contribution is 0.0742. The Balaban J connectivity index is 2.80. The molecule has 1 unspecified atom stereocenters. The molecule has 4 heteroatoms. The Morgan fingerprint density at radius 3 is 2.75 bits per heavy atom. The second-order valence-electron chi connectivity index (χ2n) is 5.02. The van der Waals surface area contributed by atoms with Gasteiger partial charge < -0.3 is 10.2 Å². The van der Waals surface area contributed by atoms with Crippen molar-refractivity contribution >= 4 is 23.4 Å². The molecule has 1 aromatic carbocycles. The van der Waals surface area contributed by atoms with Crippen LogP contribution in [0.1, 0.15) is 37.0 Å². The Hall–Kier alpha value is -1.16. The standard InChI is InChI=1S/C16H26N2OS/c1-5-11-17-15-9-7-6-8-14(15)16(19)18(3)13(2)10-12-20-4/h6-9,13,17H,5,10-12H2,1-4H3. The molecule has 0 spiro atoms. The van der Waals surface area contributed by atoms with Crippen molar-refractivity contribution in [3.05, 3.63) is 29.8 Å². The van der Waals surface area contributed by atoms with Gasteiger partial charge in [-0.05, 0) is 43.9 Å². The summed E-state index contributed by atoms with van der Waals surface area (Å²) in [6, 6.07) is 8.02. The van der Waals surface area contributed by atoms with Gasteiger partial charge in [-0.2, -0.15) is 11.8 Å². The smallest absolute Gasteiger partial charge is 0.255 e. The predicted molar refractivity (Wildman–Crippen MR) is 89.8 cm³/mol. The normalized spacial score (nSPS) is 12.0. The molecule has 0 fully saturated rings. The molecule has 1 N–H and O–H groups in total. The molecular formula is C16H26N2OS. The fourth-order valence-corrected chi connectivity index (χ4v) is 2.53. The molecular weight excluding hydrogens is 268 g/mol. The van der Waals surface area contributed by atoms with Crippen LogP contribution in [0, 0.1) is 0 Å². The number of para-hydroxylation sites is 1. The van der Waals surface area contributed by atoms with Crippen molar-refractivity contribution in [2.24, 2.45) is 0 Å². The van der Waals surface area contributed by atoms with Crippen LogP contribution in [0.3, 0.4) is 0 Å². The summed E-state index contributed by atoms with van der Waals surface area (Å²) in [4.78, 5) is 14.5.